The van der Waals surface area contributed by atoms with E-state index in [9.17, 15) is 54.0 Å². The average Bonchev–Trinajstić information content (AvgIpc) is 3.61. The number of fused-ring (bicyclic) bond motifs is 2. The average molecular weight is 725 g/mol. The Kier molecular flexibility index (Phi) is 9.12. The zero-order valence-corrected chi connectivity index (χ0v) is 26.9. The molecule has 1 atom stereocenters. The predicted molar refractivity (Wildman–Crippen MR) is 167 cm³/mol. The van der Waals surface area contributed by atoms with E-state index in [1.54, 1.807) is 25.1 Å². The number of nitrogens with zero attached hydrogens (tertiary/aromatic N) is 4. The second-order valence-electron chi connectivity index (χ2n) is 11.1. The van der Waals surface area contributed by atoms with Crippen molar-refractivity contribution in [3.63, 3.8) is 0 Å². The lowest BCUT2D eigenvalue weighted by Crippen LogP contribution is -2.36. The van der Waals surface area contributed by atoms with Crippen molar-refractivity contribution in [3.8, 4) is 12.1 Å². The maximum Gasteiger partial charge on any atom is 0.523 e. The summed E-state index contributed by atoms with van der Waals surface area (Å²) in [5.74, 6) is -1.51. The standard InChI is InChI=1S/C34H18F6N4O4S2/c1-17-6-4-7-18(10-17)28-25(32(43-2)44-3)13-23-26(16-49(45)46)29-24(31(30(23)28)50(47,48)34(38,39)40)12-22(20(14-41)15-42)27(29)19-8-5-9-21(11-19)33(35,36)37/h4-11H,12-13,16H2,1H3,(H,45,46). The number of nitriles is 2. The predicted octanol–water partition coefficient (Wildman–Crippen LogP) is 5.93. The van der Waals surface area contributed by atoms with Gasteiger partial charge in [-0.1, -0.05) is 42.0 Å². The number of aryl methyl sites for hydroxylation is 1. The fourth-order valence-corrected chi connectivity index (χ4v) is 8.14. The van der Waals surface area contributed by atoms with Crippen LogP contribution in [0.5, 0.6) is 0 Å². The Labute approximate surface area is 283 Å². The Morgan fingerprint density at radius 2 is 1.46 bits per heavy atom. The molecule has 0 aromatic heterocycles. The number of sulfone groups is 1. The van der Waals surface area contributed by atoms with Gasteiger partial charge in [0.25, 0.3) is 9.84 Å². The number of allylic oxidation sites excluding steroid dienone is 3. The highest BCUT2D eigenvalue weighted by molar-refractivity contribution is 7.92. The molecule has 5 rings (SSSR count). The third-order valence-electron chi connectivity index (χ3n) is 8.22. The molecule has 0 fully saturated rings. The Bertz CT molecular complexity index is 2510. The van der Waals surface area contributed by atoms with Crippen molar-refractivity contribution in [2.24, 2.45) is 0 Å². The maximum absolute atomic E-state index is 14.7. The summed E-state index contributed by atoms with van der Waals surface area (Å²) >= 11 is -2.80. The highest BCUT2D eigenvalue weighted by Crippen LogP contribution is 2.42. The van der Waals surface area contributed by atoms with Crippen molar-refractivity contribution >= 4 is 32.1 Å². The highest BCUT2D eigenvalue weighted by atomic mass is 32.2. The van der Waals surface area contributed by atoms with E-state index in [1.165, 1.54) is 18.2 Å². The monoisotopic (exact) mass is 724 g/mol. The van der Waals surface area contributed by atoms with Crippen LogP contribution in [-0.4, -0.2) is 22.7 Å². The molecule has 16 heteroatoms. The Morgan fingerprint density at radius 3 is 1.98 bits per heavy atom. The first-order valence-corrected chi connectivity index (χ1v) is 16.8. The van der Waals surface area contributed by atoms with Crippen LogP contribution in [0.1, 0.15) is 38.9 Å². The Morgan fingerprint density at radius 1 is 0.900 bits per heavy atom. The molecular weight excluding hydrogens is 707 g/mol. The zero-order chi connectivity index (χ0) is 36.9. The molecule has 2 aliphatic rings. The highest BCUT2D eigenvalue weighted by Gasteiger charge is 2.51. The second-order valence-corrected chi connectivity index (χ2v) is 13.9. The summed E-state index contributed by atoms with van der Waals surface area (Å²) in [4.78, 5) is 5.07. The van der Waals surface area contributed by atoms with E-state index in [0.717, 1.165) is 12.1 Å². The summed E-state index contributed by atoms with van der Waals surface area (Å²) in [5.41, 5.74) is -10.1. The second kappa shape index (κ2) is 12.7. The first-order valence-electron chi connectivity index (χ1n) is 14.0. The van der Waals surface area contributed by atoms with Gasteiger partial charge in [0.1, 0.15) is 30.9 Å². The lowest BCUT2D eigenvalue weighted by atomic mass is 9.93. The minimum absolute atomic E-state index is 0.115. The quantitative estimate of drug-likeness (QED) is 0.150. The van der Waals surface area contributed by atoms with Crippen LogP contribution < -0.4 is 10.4 Å². The lowest BCUT2D eigenvalue weighted by molar-refractivity contribution is -0.137. The van der Waals surface area contributed by atoms with Crippen LogP contribution in [0, 0.1) is 42.7 Å². The van der Waals surface area contributed by atoms with Gasteiger partial charge in [-0.3, -0.25) is 0 Å². The molecule has 0 heterocycles. The summed E-state index contributed by atoms with van der Waals surface area (Å²) in [6.45, 7) is 16.9. The zero-order valence-electron chi connectivity index (χ0n) is 25.3. The van der Waals surface area contributed by atoms with E-state index >= 15 is 0 Å². The summed E-state index contributed by atoms with van der Waals surface area (Å²) in [6.07, 6.45) is -6.38. The number of hydrogen-bond donors (Lipinski definition) is 1. The molecule has 3 aromatic carbocycles. The molecule has 0 amide bonds. The third-order valence-corrected chi connectivity index (χ3v) is 10.3. The smallest absolute Gasteiger partial charge is 0.306 e. The largest absolute Gasteiger partial charge is 0.523 e. The van der Waals surface area contributed by atoms with Crippen molar-refractivity contribution in [3.05, 3.63) is 143 Å². The first kappa shape index (κ1) is 35.8. The molecule has 0 aliphatic heterocycles. The van der Waals surface area contributed by atoms with E-state index < -0.39 is 100 Å². The van der Waals surface area contributed by atoms with Crippen LogP contribution in [0.4, 0.5) is 26.3 Å². The van der Waals surface area contributed by atoms with Crippen molar-refractivity contribution in [2.75, 3.05) is 0 Å². The minimum atomic E-state index is -6.40. The fraction of sp³-hybridized carbons (Fsp3) is 0.176. The molecule has 50 heavy (non-hydrogen) atoms. The molecule has 0 radical (unpaired) electrons. The number of hydrogen-bond acceptors (Lipinski definition) is 5. The molecule has 0 saturated heterocycles. The number of halogens is 6. The van der Waals surface area contributed by atoms with Crippen LogP contribution in [0.3, 0.4) is 0 Å². The van der Waals surface area contributed by atoms with Crippen LogP contribution in [-0.2, 0) is 45.7 Å². The molecule has 1 N–H and O–H groups in total. The Balaban J connectivity index is 2.24. The van der Waals surface area contributed by atoms with Crippen LogP contribution in [0.2, 0.25) is 0 Å². The van der Waals surface area contributed by atoms with Gasteiger partial charge in [0.2, 0.25) is 0 Å². The van der Waals surface area contributed by atoms with E-state index in [2.05, 4.69) is 9.69 Å². The number of rotatable bonds is 5. The van der Waals surface area contributed by atoms with Crippen molar-refractivity contribution in [1.29, 1.82) is 10.5 Å². The molecule has 252 valence electrons. The van der Waals surface area contributed by atoms with Gasteiger partial charge in [0, 0.05) is 11.6 Å². The van der Waals surface area contributed by atoms with E-state index in [-0.39, 0.29) is 33.4 Å². The van der Waals surface area contributed by atoms with Crippen LogP contribution in [0.15, 0.2) is 76.0 Å². The molecule has 0 bridgehead atoms. The van der Waals surface area contributed by atoms with Gasteiger partial charge in [0.05, 0.1) is 21.8 Å². The van der Waals surface area contributed by atoms with Crippen molar-refractivity contribution < 1.29 is 43.5 Å². The molecule has 0 saturated carbocycles. The van der Waals surface area contributed by atoms with Gasteiger partial charge < -0.3 is 4.55 Å². The van der Waals surface area contributed by atoms with Gasteiger partial charge in [-0.15, -0.1) is 0 Å². The van der Waals surface area contributed by atoms with E-state index in [4.69, 9.17) is 13.1 Å². The van der Waals surface area contributed by atoms with Gasteiger partial charge in [0.15, 0.2) is 11.1 Å². The topological polar surface area (TPSA) is 128 Å². The van der Waals surface area contributed by atoms with Gasteiger partial charge in [-0.2, -0.15) is 46.6 Å². The van der Waals surface area contributed by atoms with E-state index in [1.807, 2.05) is 0 Å². The summed E-state index contributed by atoms with van der Waals surface area (Å²) < 4.78 is 136. The first-order chi connectivity index (χ1) is 23.4. The number of alkyl halides is 6. The van der Waals surface area contributed by atoms with Crippen molar-refractivity contribution in [1.82, 2.24) is 0 Å². The van der Waals surface area contributed by atoms with Gasteiger partial charge in [-0.25, -0.2) is 12.6 Å². The molecule has 1 unspecified atom stereocenters. The Hall–Kier alpha value is -5.52. The van der Waals surface area contributed by atoms with Crippen LogP contribution >= 0.6 is 0 Å². The van der Waals surface area contributed by atoms with Crippen molar-refractivity contribution in [2.45, 2.75) is 42.1 Å². The van der Waals surface area contributed by atoms with Crippen LogP contribution in [0.25, 0.3) is 20.8 Å². The minimum Gasteiger partial charge on any atom is -0.306 e. The molecular formula is C34H18F6N4O4S2. The maximum atomic E-state index is 14.7. The number of benzene rings is 3. The molecule has 8 nitrogen and oxygen atoms in total. The summed E-state index contributed by atoms with van der Waals surface area (Å²) in [6, 6.07) is 12.5. The summed E-state index contributed by atoms with van der Waals surface area (Å²) in [5, 5.41) is 18.6. The van der Waals surface area contributed by atoms with Gasteiger partial charge >= 0.3 is 17.5 Å². The fourth-order valence-electron chi connectivity index (χ4n) is 6.36. The normalized spacial score (nSPS) is 14.6. The van der Waals surface area contributed by atoms with E-state index in [0.29, 0.717) is 17.7 Å². The molecule has 2 aliphatic carbocycles. The van der Waals surface area contributed by atoms with Gasteiger partial charge in [-0.05, 0) is 75.2 Å². The SMILES string of the molecule is [C-]#[N+]C([N+]#[C-])=C1Cc2c(CS(=O)O)c3c(c(S(=O)(=O)C(F)(F)F)c2=C1c1cccc(C)c1)CC(=C(C#N)C#N)C=3c1cccc(C(F)(F)F)c1. The summed E-state index contributed by atoms with van der Waals surface area (Å²) in [7, 11) is -6.40. The molecule has 0 spiro atoms. The molecule has 3 aromatic rings. The lowest BCUT2D eigenvalue weighted by Gasteiger charge is -2.17. The third kappa shape index (κ3) is 5.88.